The summed E-state index contributed by atoms with van der Waals surface area (Å²) in [6.45, 7) is 3.85. The molecule has 1 aliphatic heterocycles. The molecule has 0 N–H and O–H groups in total. The molecule has 0 aromatic carbocycles. The minimum atomic E-state index is -0.000370. The molecule has 1 aromatic heterocycles. The molecule has 1 saturated heterocycles. The third kappa shape index (κ3) is 2.41. The molecule has 2 rings (SSSR count). The number of morpholine rings is 1. The van der Waals surface area contributed by atoms with E-state index >= 15 is 0 Å². The summed E-state index contributed by atoms with van der Waals surface area (Å²) in [5.74, 6) is -0.000370. The molecule has 1 unspecified atom stereocenters. The zero-order valence-electron chi connectivity index (χ0n) is 8.40. The van der Waals surface area contributed by atoms with Gasteiger partial charge in [0.2, 0.25) is 0 Å². The lowest BCUT2D eigenvalue weighted by molar-refractivity contribution is -0.0124. The van der Waals surface area contributed by atoms with Gasteiger partial charge in [-0.3, -0.25) is 4.79 Å². The van der Waals surface area contributed by atoms with Gasteiger partial charge in [-0.05, 0) is 22.9 Å². The van der Waals surface area contributed by atoms with Crippen LogP contribution in [0.2, 0.25) is 0 Å². The standard InChI is InChI=1S/C10H12BrNO3/c1-7-5-12(2-3-14-7)10(13)8-4-9(11)15-6-8/h4,6-7H,2-3,5H2,1H3. The van der Waals surface area contributed by atoms with Gasteiger partial charge in [-0.1, -0.05) is 0 Å². The summed E-state index contributed by atoms with van der Waals surface area (Å²) in [5.41, 5.74) is 0.580. The number of carbonyl (C=O) groups excluding carboxylic acids is 1. The van der Waals surface area contributed by atoms with E-state index in [1.165, 1.54) is 6.26 Å². The minimum absolute atomic E-state index is 0.000370. The van der Waals surface area contributed by atoms with Crippen molar-refractivity contribution in [2.45, 2.75) is 13.0 Å². The maximum Gasteiger partial charge on any atom is 0.257 e. The van der Waals surface area contributed by atoms with Crippen molar-refractivity contribution in [2.75, 3.05) is 19.7 Å². The second-order valence-corrected chi connectivity index (χ2v) is 4.35. The first-order valence-electron chi connectivity index (χ1n) is 4.81. The van der Waals surface area contributed by atoms with E-state index in [0.29, 0.717) is 29.9 Å². The van der Waals surface area contributed by atoms with Crippen LogP contribution in [-0.4, -0.2) is 36.6 Å². The van der Waals surface area contributed by atoms with Gasteiger partial charge >= 0.3 is 0 Å². The first kappa shape index (κ1) is 10.7. The van der Waals surface area contributed by atoms with Gasteiger partial charge < -0.3 is 14.1 Å². The van der Waals surface area contributed by atoms with Gasteiger partial charge in [0.25, 0.3) is 5.91 Å². The Labute approximate surface area is 96.3 Å². The molecule has 5 heteroatoms. The van der Waals surface area contributed by atoms with Crippen LogP contribution in [0.5, 0.6) is 0 Å². The Bertz CT molecular complexity index is 363. The van der Waals surface area contributed by atoms with E-state index in [0.717, 1.165) is 0 Å². The van der Waals surface area contributed by atoms with E-state index in [-0.39, 0.29) is 12.0 Å². The lowest BCUT2D eigenvalue weighted by Gasteiger charge is -2.30. The normalized spacial score (nSPS) is 21.7. The Morgan fingerprint density at radius 3 is 3.07 bits per heavy atom. The third-order valence-electron chi connectivity index (χ3n) is 2.34. The molecule has 2 heterocycles. The number of amides is 1. The number of ether oxygens (including phenoxy) is 1. The maximum atomic E-state index is 11.9. The van der Waals surface area contributed by atoms with Crippen molar-refractivity contribution in [3.63, 3.8) is 0 Å². The van der Waals surface area contributed by atoms with E-state index in [9.17, 15) is 4.79 Å². The second-order valence-electron chi connectivity index (χ2n) is 3.57. The van der Waals surface area contributed by atoms with E-state index in [1.807, 2.05) is 6.92 Å². The van der Waals surface area contributed by atoms with E-state index in [2.05, 4.69) is 15.9 Å². The van der Waals surface area contributed by atoms with Crippen molar-refractivity contribution in [1.29, 1.82) is 0 Å². The molecule has 15 heavy (non-hydrogen) atoms. The summed E-state index contributed by atoms with van der Waals surface area (Å²) in [6.07, 6.45) is 1.57. The average molecular weight is 274 g/mol. The van der Waals surface area contributed by atoms with Crippen LogP contribution in [0.25, 0.3) is 0 Å². The Balaban J connectivity index is 2.07. The van der Waals surface area contributed by atoms with Crippen LogP contribution < -0.4 is 0 Å². The highest BCUT2D eigenvalue weighted by Crippen LogP contribution is 2.17. The van der Waals surface area contributed by atoms with Crippen LogP contribution in [0.4, 0.5) is 0 Å². The van der Waals surface area contributed by atoms with Crippen LogP contribution in [-0.2, 0) is 4.74 Å². The lowest BCUT2D eigenvalue weighted by atomic mass is 10.2. The molecular formula is C10H12BrNO3. The summed E-state index contributed by atoms with van der Waals surface area (Å²) in [7, 11) is 0. The SMILES string of the molecule is CC1CN(C(=O)c2coc(Br)c2)CCO1. The monoisotopic (exact) mass is 273 g/mol. The van der Waals surface area contributed by atoms with Gasteiger partial charge in [0.1, 0.15) is 6.26 Å². The molecule has 1 aliphatic rings. The fraction of sp³-hybridized carbons (Fsp3) is 0.500. The number of rotatable bonds is 1. The molecule has 0 radical (unpaired) electrons. The van der Waals surface area contributed by atoms with Gasteiger partial charge in [-0.25, -0.2) is 0 Å². The molecule has 82 valence electrons. The summed E-state index contributed by atoms with van der Waals surface area (Å²) in [4.78, 5) is 13.7. The fourth-order valence-corrected chi connectivity index (χ4v) is 1.95. The van der Waals surface area contributed by atoms with Crippen molar-refractivity contribution >= 4 is 21.8 Å². The number of nitrogens with zero attached hydrogens (tertiary/aromatic N) is 1. The van der Waals surface area contributed by atoms with Crippen LogP contribution in [0, 0.1) is 0 Å². The Morgan fingerprint density at radius 1 is 1.67 bits per heavy atom. The molecule has 1 amide bonds. The molecular weight excluding hydrogens is 262 g/mol. The molecule has 0 saturated carbocycles. The van der Waals surface area contributed by atoms with Crippen molar-refractivity contribution in [2.24, 2.45) is 0 Å². The van der Waals surface area contributed by atoms with Crippen LogP contribution in [0.1, 0.15) is 17.3 Å². The molecule has 0 spiro atoms. The fourth-order valence-electron chi connectivity index (χ4n) is 1.61. The third-order valence-corrected chi connectivity index (χ3v) is 2.76. The highest BCUT2D eigenvalue weighted by Gasteiger charge is 2.23. The molecule has 1 fully saturated rings. The van der Waals surface area contributed by atoms with Gasteiger partial charge in [0.05, 0.1) is 18.3 Å². The predicted molar refractivity (Wildman–Crippen MR) is 57.7 cm³/mol. The topological polar surface area (TPSA) is 42.7 Å². The zero-order chi connectivity index (χ0) is 10.8. The van der Waals surface area contributed by atoms with Crippen molar-refractivity contribution < 1.29 is 13.9 Å². The van der Waals surface area contributed by atoms with E-state index in [1.54, 1.807) is 11.0 Å². The maximum absolute atomic E-state index is 11.9. The highest BCUT2D eigenvalue weighted by atomic mass is 79.9. The summed E-state index contributed by atoms with van der Waals surface area (Å²) in [5, 5.41) is 0. The molecule has 1 atom stereocenters. The Hall–Kier alpha value is -0.810. The minimum Gasteiger partial charge on any atom is -0.457 e. The number of carbonyl (C=O) groups is 1. The highest BCUT2D eigenvalue weighted by molar-refractivity contribution is 9.10. The first-order chi connectivity index (χ1) is 7.16. The number of hydrogen-bond acceptors (Lipinski definition) is 3. The quantitative estimate of drug-likeness (QED) is 0.785. The number of hydrogen-bond donors (Lipinski definition) is 0. The van der Waals surface area contributed by atoms with Crippen LogP contribution in [0.3, 0.4) is 0 Å². The predicted octanol–water partition coefficient (Wildman–Crippen LogP) is 1.90. The Morgan fingerprint density at radius 2 is 2.47 bits per heavy atom. The first-order valence-corrected chi connectivity index (χ1v) is 5.61. The van der Waals surface area contributed by atoms with E-state index in [4.69, 9.17) is 9.15 Å². The largest absolute Gasteiger partial charge is 0.457 e. The number of halogens is 1. The molecule has 1 aromatic rings. The van der Waals surface area contributed by atoms with Gasteiger partial charge in [0.15, 0.2) is 4.67 Å². The van der Waals surface area contributed by atoms with Gasteiger partial charge in [-0.15, -0.1) is 0 Å². The summed E-state index contributed by atoms with van der Waals surface area (Å²) < 4.78 is 11.0. The number of furan rings is 1. The van der Waals surface area contributed by atoms with Crippen LogP contribution in [0.15, 0.2) is 21.4 Å². The van der Waals surface area contributed by atoms with Crippen molar-refractivity contribution in [1.82, 2.24) is 4.90 Å². The lowest BCUT2D eigenvalue weighted by Crippen LogP contribution is -2.44. The molecule has 0 aliphatic carbocycles. The average Bonchev–Trinajstić information content (AvgIpc) is 2.64. The van der Waals surface area contributed by atoms with Crippen molar-refractivity contribution in [3.8, 4) is 0 Å². The van der Waals surface area contributed by atoms with Gasteiger partial charge in [0, 0.05) is 19.2 Å². The summed E-state index contributed by atoms with van der Waals surface area (Å²) in [6, 6.07) is 1.68. The van der Waals surface area contributed by atoms with E-state index < -0.39 is 0 Å². The van der Waals surface area contributed by atoms with Gasteiger partial charge in [-0.2, -0.15) is 0 Å². The smallest absolute Gasteiger partial charge is 0.257 e. The van der Waals surface area contributed by atoms with Crippen LogP contribution >= 0.6 is 15.9 Å². The molecule has 0 bridgehead atoms. The molecule has 4 nitrogen and oxygen atoms in total. The Kier molecular flexibility index (Phi) is 3.11. The zero-order valence-corrected chi connectivity index (χ0v) is 9.99. The summed E-state index contributed by atoms with van der Waals surface area (Å²) >= 11 is 3.17. The van der Waals surface area contributed by atoms with Crippen molar-refractivity contribution in [3.05, 3.63) is 22.6 Å². The second kappa shape index (κ2) is 4.37.